The molecule has 0 saturated heterocycles. The first-order valence-corrected chi connectivity index (χ1v) is 9.07. The van der Waals surface area contributed by atoms with Crippen molar-refractivity contribution in [2.75, 3.05) is 11.6 Å². The number of fused-ring (bicyclic) bond motifs is 1. The quantitative estimate of drug-likeness (QED) is 0.746. The van der Waals surface area contributed by atoms with Crippen molar-refractivity contribution < 1.29 is 21.6 Å². The maximum absolute atomic E-state index is 13.0. The van der Waals surface area contributed by atoms with Gasteiger partial charge in [0.1, 0.15) is 0 Å². The summed E-state index contributed by atoms with van der Waals surface area (Å²) in [7, 11) is -3.39. The molecule has 0 saturated carbocycles. The smallest absolute Gasteiger partial charge is 0.355 e. The summed E-state index contributed by atoms with van der Waals surface area (Å²) in [6, 6.07) is 10.9. The van der Waals surface area contributed by atoms with Crippen molar-refractivity contribution in [1.29, 1.82) is 0 Å². The molecule has 1 heterocycles. The molecule has 1 aromatic heterocycles. The molecule has 0 amide bonds. The highest BCUT2D eigenvalue weighted by molar-refractivity contribution is 7.90. The number of pyridine rings is 1. The van der Waals surface area contributed by atoms with Crippen LogP contribution in [0.3, 0.4) is 0 Å². The number of rotatable bonds is 3. The second kappa shape index (κ2) is 6.03. The van der Waals surface area contributed by atoms with Crippen molar-refractivity contribution in [3.8, 4) is 0 Å². The van der Waals surface area contributed by atoms with Crippen LogP contribution in [0.1, 0.15) is 5.56 Å². The molecule has 0 spiro atoms. The van der Waals surface area contributed by atoms with E-state index in [0.717, 1.165) is 18.4 Å². The fourth-order valence-electron chi connectivity index (χ4n) is 2.39. The van der Waals surface area contributed by atoms with Crippen LogP contribution in [0.5, 0.6) is 0 Å². The van der Waals surface area contributed by atoms with Gasteiger partial charge in [-0.25, -0.2) is 8.42 Å². The van der Waals surface area contributed by atoms with E-state index in [1.165, 1.54) is 30.5 Å². The van der Waals surface area contributed by atoms with E-state index >= 15 is 0 Å². The zero-order chi connectivity index (χ0) is 18.2. The average Bonchev–Trinajstić information content (AvgIpc) is 2.53. The van der Waals surface area contributed by atoms with Crippen LogP contribution in [0, 0.1) is 0 Å². The van der Waals surface area contributed by atoms with Crippen molar-refractivity contribution in [2.45, 2.75) is 11.1 Å². The predicted molar refractivity (Wildman–Crippen MR) is 89.6 cm³/mol. The van der Waals surface area contributed by atoms with E-state index in [9.17, 15) is 21.6 Å². The van der Waals surface area contributed by atoms with Gasteiger partial charge in [0.2, 0.25) is 0 Å². The highest BCUT2D eigenvalue weighted by Crippen LogP contribution is 2.34. The van der Waals surface area contributed by atoms with Gasteiger partial charge in [-0.15, -0.1) is 0 Å². The van der Waals surface area contributed by atoms with Gasteiger partial charge in [0.25, 0.3) is 0 Å². The lowest BCUT2D eigenvalue weighted by Gasteiger charge is -2.12. The van der Waals surface area contributed by atoms with Crippen LogP contribution in [0.2, 0.25) is 0 Å². The summed E-state index contributed by atoms with van der Waals surface area (Å²) in [5.41, 5.74) is 0.479. The van der Waals surface area contributed by atoms with Crippen molar-refractivity contribution in [1.82, 2.24) is 4.98 Å². The molecule has 0 atom stereocenters. The maximum atomic E-state index is 13.0. The number of benzene rings is 2. The monoisotopic (exact) mass is 366 g/mol. The Morgan fingerprint density at radius 2 is 1.80 bits per heavy atom. The molecule has 25 heavy (non-hydrogen) atoms. The second-order valence-electron chi connectivity index (χ2n) is 5.51. The minimum absolute atomic E-state index is 0.117. The van der Waals surface area contributed by atoms with Crippen LogP contribution in [-0.4, -0.2) is 19.7 Å². The van der Waals surface area contributed by atoms with Crippen LogP contribution in [-0.2, 0) is 16.0 Å². The van der Waals surface area contributed by atoms with Gasteiger partial charge >= 0.3 is 6.18 Å². The van der Waals surface area contributed by atoms with Gasteiger partial charge in [0, 0.05) is 29.2 Å². The van der Waals surface area contributed by atoms with Gasteiger partial charge in [0.05, 0.1) is 16.0 Å². The van der Waals surface area contributed by atoms with Gasteiger partial charge < -0.3 is 5.32 Å². The largest absolute Gasteiger partial charge is 0.416 e. The van der Waals surface area contributed by atoms with Gasteiger partial charge in [-0.1, -0.05) is 6.07 Å². The van der Waals surface area contributed by atoms with Crippen LogP contribution in [0.25, 0.3) is 10.9 Å². The van der Waals surface area contributed by atoms with Crippen molar-refractivity contribution >= 4 is 32.1 Å². The predicted octanol–water partition coefficient (Wildman–Crippen LogP) is 4.40. The number of anilines is 2. The SMILES string of the molecule is CS(=O)(=O)c1cccc(Nc2ccnc3ccc(C(F)(F)F)cc23)c1. The van der Waals surface area contributed by atoms with E-state index < -0.39 is 21.6 Å². The van der Waals surface area contributed by atoms with Crippen LogP contribution in [0.15, 0.2) is 59.6 Å². The molecular formula is C17H13F3N2O2S. The third-order valence-electron chi connectivity index (χ3n) is 3.61. The van der Waals surface area contributed by atoms with E-state index in [4.69, 9.17) is 0 Å². The lowest BCUT2D eigenvalue weighted by atomic mass is 10.1. The van der Waals surface area contributed by atoms with E-state index in [2.05, 4.69) is 10.3 Å². The molecule has 2 aromatic carbocycles. The highest BCUT2D eigenvalue weighted by atomic mass is 32.2. The van der Waals surface area contributed by atoms with E-state index in [0.29, 0.717) is 22.3 Å². The number of nitrogens with one attached hydrogen (secondary N) is 1. The molecule has 130 valence electrons. The molecule has 0 aliphatic heterocycles. The van der Waals surface area contributed by atoms with Crippen LogP contribution >= 0.6 is 0 Å². The number of hydrogen-bond acceptors (Lipinski definition) is 4. The van der Waals surface area contributed by atoms with E-state index in [1.807, 2.05) is 0 Å². The molecule has 0 radical (unpaired) electrons. The molecule has 1 N–H and O–H groups in total. The first-order valence-electron chi connectivity index (χ1n) is 7.18. The lowest BCUT2D eigenvalue weighted by molar-refractivity contribution is -0.137. The molecule has 0 aliphatic rings. The fourth-order valence-corrected chi connectivity index (χ4v) is 3.06. The second-order valence-corrected chi connectivity index (χ2v) is 7.53. The maximum Gasteiger partial charge on any atom is 0.416 e. The minimum Gasteiger partial charge on any atom is -0.355 e. The zero-order valence-corrected chi connectivity index (χ0v) is 13.8. The lowest BCUT2D eigenvalue weighted by Crippen LogP contribution is -2.05. The van der Waals surface area contributed by atoms with Gasteiger partial charge in [-0.2, -0.15) is 13.2 Å². The summed E-state index contributed by atoms with van der Waals surface area (Å²) < 4.78 is 62.1. The van der Waals surface area contributed by atoms with Crippen molar-refractivity contribution in [2.24, 2.45) is 0 Å². The van der Waals surface area contributed by atoms with E-state index in [1.54, 1.807) is 12.1 Å². The summed E-state index contributed by atoms with van der Waals surface area (Å²) in [6.45, 7) is 0. The molecule has 0 bridgehead atoms. The number of aromatic nitrogens is 1. The Kier molecular flexibility index (Phi) is 4.16. The Morgan fingerprint density at radius 3 is 2.48 bits per heavy atom. The normalized spacial score (nSPS) is 12.3. The van der Waals surface area contributed by atoms with Gasteiger partial charge in [-0.05, 0) is 42.5 Å². The molecule has 4 nitrogen and oxygen atoms in total. The fraction of sp³-hybridized carbons (Fsp3) is 0.118. The molecule has 3 rings (SSSR count). The average molecular weight is 366 g/mol. The Labute approximate surface area is 142 Å². The molecule has 3 aromatic rings. The third kappa shape index (κ3) is 3.74. The molecule has 0 aliphatic carbocycles. The Bertz CT molecular complexity index is 1050. The highest BCUT2D eigenvalue weighted by Gasteiger charge is 2.30. The number of halogens is 3. The Morgan fingerprint density at radius 1 is 1.04 bits per heavy atom. The van der Waals surface area contributed by atoms with Crippen molar-refractivity contribution in [3.63, 3.8) is 0 Å². The number of sulfone groups is 1. The van der Waals surface area contributed by atoms with Crippen LogP contribution in [0.4, 0.5) is 24.5 Å². The Hall–Kier alpha value is -2.61. The first-order chi connectivity index (χ1) is 11.6. The summed E-state index contributed by atoms with van der Waals surface area (Å²) in [4.78, 5) is 4.18. The van der Waals surface area contributed by atoms with Gasteiger partial charge in [0.15, 0.2) is 9.84 Å². The summed E-state index contributed by atoms with van der Waals surface area (Å²) in [6.07, 6.45) is -1.90. The summed E-state index contributed by atoms with van der Waals surface area (Å²) >= 11 is 0. The third-order valence-corrected chi connectivity index (χ3v) is 4.72. The van der Waals surface area contributed by atoms with Crippen molar-refractivity contribution in [3.05, 3.63) is 60.3 Å². The molecule has 0 unspecified atom stereocenters. The first kappa shape index (κ1) is 17.2. The Balaban J connectivity index is 2.07. The molecular weight excluding hydrogens is 353 g/mol. The van der Waals surface area contributed by atoms with Crippen LogP contribution < -0.4 is 5.32 Å². The van der Waals surface area contributed by atoms with E-state index in [-0.39, 0.29) is 4.90 Å². The zero-order valence-electron chi connectivity index (χ0n) is 13.0. The van der Waals surface area contributed by atoms with Gasteiger partial charge in [-0.3, -0.25) is 4.98 Å². The minimum atomic E-state index is -4.46. The number of nitrogens with zero attached hydrogens (tertiary/aromatic N) is 1. The topological polar surface area (TPSA) is 59.1 Å². The standard InChI is InChI=1S/C17H13F3N2O2S/c1-25(23,24)13-4-2-3-12(10-13)22-16-7-8-21-15-6-5-11(9-14(15)16)17(18,19)20/h2-10H,1H3,(H,21,22). The summed E-state index contributed by atoms with van der Waals surface area (Å²) in [5.74, 6) is 0. The molecule has 8 heteroatoms. The molecule has 0 fully saturated rings. The number of hydrogen-bond donors (Lipinski definition) is 1. The number of alkyl halides is 3. The summed E-state index contributed by atoms with van der Waals surface area (Å²) in [5, 5.41) is 3.26.